The van der Waals surface area contributed by atoms with Crippen LogP contribution in [0.3, 0.4) is 0 Å². The summed E-state index contributed by atoms with van der Waals surface area (Å²) in [4.78, 5) is 0.0663. The van der Waals surface area contributed by atoms with E-state index in [0.717, 1.165) is 11.1 Å². The molecule has 7 heteroatoms. The molecule has 0 N–H and O–H groups in total. The van der Waals surface area contributed by atoms with Gasteiger partial charge in [-0.25, -0.2) is 12.8 Å². The van der Waals surface area contributed by atoms with Crippen molar-refractivity contribution in [3.63, 3.8) is 0 Å². The lowest BCUT2D eigenvalue weighted by Gasteiger charge is -2.37. The third kappa shape index (κ3) is 3.02. The van der Waals surface area contributed by atoms with Gasteiger partial charge in [0.05, 0.1) is 30.8 Å². The summed E-state index contributed by atoms with van der Waals surface area (Å²) in [6.07, 6.45) is 0. The second-order valence-electron chi connectivity index (χ2n) is 6.74. The zero-order valence-corrected chi connectivity index (χ0v) is 17.0. The highest BCUT2D eigenvalue weighted by atomic mass is 32.2. The summed E-state index contributed by atoms with van der Waals surface area (Å²) >= 11 is 0. The van der Waals surface area contributed by atoms with E-state index in [1.165, 1.54) is 42.8 Å². The lowest BCUT2D eigenvalue weighted by molar-refractivity contribution is 0.354. The van der Waals surface area contributed by atoms with Crippen molar-refractivity contribution in [2.75, 3.05) is 18.5 Å². The molecule has 0 spiro atoms. The molecule has 1 aliphatic rings. The van der Waals surface area contributed by atoms with Crippen LogP contribution in [0.25, 0.3) is 11.1 Å². The van der Waals surface area contributed by atoms with E-state index in [9.17, 15) is 12.8 Å². The highest BCUT2D eigenvalue weighted by Crippen LogP contribution is 2.47. The maximum atomic E-state index is 14.0. The maximum absolute atomic E-state index is 14.0. The van der Waals surface area contributed by atoms with Gasteiger partial charge in [0.1, 0.15) is 5.82 Å². The molecule has 1 atom stereocenters. The number of para-hydroxylation sites is 1. The molecule has 1 heterocycles. The topological polar surface area (TPSA) is 55.8 Å². The number of sulfonamides is 1. The van der Waals surface area contributed by atoms with Crippen LogP contribution in [-0.4, -0.2) is 22.6 Å². The fourth-order valence-electron chi connectivity index (χ4n) is 3.78. The number of ether oxygens (including phenoxy) is 2. The average Bonchev–Trinajstić information content (AvgIpc) is 2.73. The number of fused-ring (bicyclic) bond motifs is 3. The smallest absolute Gasteiger partial charge is 0.265 e. The van der Waals surface area contributed by atoms with Gasteiger partial charge >= 0.3 is 0 Å². The van der Waals surface area contributed by atoms with Crippen molar-refractivity contribution in [3.8, 4) is 22.6 Å². The maximum Gasteiger partial charge on any atom is 0.265 e. The van der Waals surface area contributed by atoms with Crippen molar-refractivity contribution < 1.29 is 22.3 Å². The predicted molar refractivity (Wildman–Crippen MR) is 109 cm³/mol. The monoisotopic (exact) mass is 413 g/mol. The number of anilines is 1. The Balaban J connectivity index is 1.92. The fraction of sp³-hybridized carbons (Fsp3) is 0.182. The normalized spacial score (nSPS) is 15.4. The summed E-state index contributed by atoms with van der Waals surface area (Å²) in [7, 11) is -1.03. The molecule has 1 aliphatic heterocycles. The Morgan fingerprint density at radius 1 is 0.897 bits per heavy atom. The third-order valence-electron chi connectivity index (χ3n) is 5.16. The van der Waals surface area contributed by atoms with Crippen LogP contribution in [0.1, 0.15) is 18.5 Å². The van der Waals surface area contributed by atoms with Gasteiger partial charge in [0.25, 0.3) is 10.0 Å². The van der Waals surface area contributed by atoms with Crippen molar-refractivity contribution >= 4 is 15.7 Å². The van der Waals surface area contributed by atoms with Crippen LogP contribution in [-0.2, 0) is 10.0 Å². The Morgan fingerprint density at radius 3 is 2.34 bits per heavy atom. The first kappa shape index (κ1) is 19.3. The molecule has 0 amide bonds. The highest BCUT2D eigenvalue weighted by molar-refractivity contribution is 7.92. The van der Waals surface area contributed by atoms with Crippen LogP contribution in [0.5, 0.6) is 11.5 Å². The summed E-state index contributed by atoms with van der Waals surface area (Å²) in [6.45, 7) is 1.76. The number of hydrogen-bond acceptors (Lipinski definition) is 4. The molecular formula is C22H20FNO4S. The molecule has 0 aliphatic carbocycles. The van der Waals surface area contributed by atoms with E-state index in [4.69, 9.17) is 9.47 Å². The number of rotatable bonds is 4. The second-order valence-corrected chi connectivity index (χ2v) is 8.56. The van der Waals surface area contributed by atoms with Crippen molar-refractivity contribution in [1.29, 1.82) is 0 Å². The molecule has 1 unspecified atom stereocenters. The van der Waals surface area contributed by atoms with Gasteiger partial charge in [-0.1, -0.05) is 24.3 Å². The minimum Gasteiger partial charge on any atom is -0.493 e. The highest BCUT2D eigenvalue weighted by Gasteiger charge is 2.37. The quantitative estimate of drug-likeness (QED) is 0.618. The van der Waals surface area contributed by atoms with Gasteiger partial charge in [-0.3, -0.25) is 4.31 Å². The first-order valence-electron chi connectivity index (χ1n) is 9.04. The van der Waals surface area contributed by atoms with Gasteiger partial charge in [0.15, 0.2) is 11.5 Å². The number of methoxy groups -OCH3 is 2. The Bertz CT molecular complexity index is 1190. The van der Waals surface area contributed by atoms with Gasteiger partial charge in [-0.2, -0.15) is 0 Å². The van der Waals surface area contributed by atoms with Gasteiger partial charge in [-0.15, -0.1) is 0 Å². The summed E-state index contributed by atoms with van der Waals surface area (Å²) in [6, 6.07) is 15.6. The number of benzene rings is 3. The number of hydrogen-bond donors (Lipinski definition) is 0. The number of halogens is 1. The lowest BCUT2D eigenvalue weighted by atomic mass is 9.90. The first-order valence-corrected chi connectivity index (χ1v) is 10.5. The molecule has 150 valence electrons. The van der Waals surface area contributed by atoms with Gasteiger partial charge < -0.3 is 9.47 Å². The van der Waals surface area contributed by atoms with Gasteiger partial charge in [0.2, 0.25) is 0 Å². The average molecular weight is 413 g/mol. The van der Waals surface area contributed by atoms with E-state index < -0.39 is 21.9 Å². The molecule has 0 fully saturated rings. The van der Waals surface area contributed by atoms with Crippen molar-refractivity contribution in [2.45, 2.75) is 17.9 Å². The van der Waals surface area contributed by atoms with Crippen LogP contribution in [0, 0.1) is 5.82 Å². The number of nitrogens with zero attached hydrogens (tertiary/aromatic N) is 1. The summed E-state index contributed by atoms with van der Waals surface area (Å²) in [5.41, 5.74) is 2.74. The fourth-order valence-corrected chi connectivity index (χ4v) is 5.45. The van der Waals surface area contributed by atoms with Crippen LogP contribution in [0.2, 0.25) is 0 Å². The van der Waals surface area contributed by atoms with Crippen molar-refractivity contribution in [1.82, 2.24) is 0 Å². The largest absolute Gasteiger partial charge is 0.493 e. The van der Waals surface area contributed by atoms with Crippen LogP contribution in [0.4, 0.5) is 10.1 Å². The Morgan fingerprint density at radius 2 is 1.62 bits per heavy atom. The van der Waals surface area contributed by atoms with Gasteiger partial charge in [-0.05, 0) is 48.4 Å². The van der Waals surface area contributed by atoms with E-state index in [-0.39, 0.29) is 4.90 Å². The zero-order chi connectivity index (χ0) is 20.8. The first-order chi connectivity index (χ1) is 13.9. The minimum absolute atomic E-state index is 0.0663. The lowest BCUT2D eigenvalue weighted by Crippen LogP contribution is -2.36. The Labute approximate surface area is 169 Å². The molecule has 3 aromatic carbocycles. The van der Waals surface area contributed by atoms with Crippen molar-refractivity contribution in [3.05, 3.63) is 72.0 Å². The van der Waals surface area contributed by atoms with Crippen LogP contribution < -0.4 is 13.8 Å². The second kappa shape index (κ2) is 7.08. The van der Waals surface area contributed by atoms with Crippen molar-refractivity contribution in [2.24, 2.45) is 0 Å². The molecular weight excluding hydrogens is 393 g/mol. The SMILES string of the molecule is COc1ccc(S(=O)(=O)N2c3ccccc3-c3ccc(F)cc3C2C)cc1OC. The van der Waals surface area contributed by atoms with E-state index in [1.54, 1.807) is 31.2 Å². The van der Waals surface area contributed by atoms with Gasteiger partial charge in [0, 0.05) is 11.6 Å². The standard InChI is InChI=1S/C22H20FNO4S/c1-14-19-12-15(23)8-10-17(19)18-6-4-5-7-20(18)24(14)29(25,26)16-9-11-21(27-2)22(13-16)28-3/h4-14H,1-3H3. The van der Waals surface area contributed by atoms with Crippen LogP contribution in [0.15, 0.2) is 65.6 Å². The molecule has 3 aromatic rings. The minimum atomic E-state index is -3.96. The summed E-state index contributed by atoms with van der Waals surface area (Å²) in [5, 5.41) is 0. The zero-order valence-electron chi connectivity index (χ0n) is 16.2. The van der Waals surface area contributed by atoms with E-state index >= 15 is 0 Å². The van der Waals surface area contributed by atoms with E-state index in [1.807, 2.05) is 12.1 Å². The molecule has 0 radical (unpaired) electrons. The predicted octanol–water partition coefficient (Wildman–Crippen LogP) is 4.78. The summed E-state index contributed by atoms with van der Waals surface area (Å²) in [5.74, 6) is 0.349. The Hall–Kier alpha value is -3.06. The molecule has 4 rings (SSSR count). The third-order valence-corrected chi connectivity index (χ3v) is 7.04. The van der Waals surface area contributed by atoms with E-state index in [2.05, 4.69) is 0 Å². The molecule has 29 heavy (non-hydrogen) atoms. The molecule has 0 saturated carbocycles. The van der Waals surface area contributed by atoms with E-state index in [0.29, 0.717) is 22.7 Å². The summed E-state index contributed by atoms with van der Waals surface area (Å²) < 4.78 is 53.1. The molecule has 0 bridgehead atoms. The molecule has 0 aromatic heterocycles. The Kier molecular flexibility index (Phi) is 4.70. The molecule has 0 saturated heterocycles. The molecule has 5 nitrogen and oxygen atoms in total. The van der Waals surface area contributed by atoms with Crippen LogP contribution >= 0.6 is 0 Å².